The molecular weight excluding hydrogens is 483 g/mol. The number of likely N-dealkylation sites (tertiary alicyclic amines) is 3. The van der Waals surface area contributed by atoms with Crippen LogP contribution in [0.4, 0.5) is 18.0 Å². The van der Waals surface area contributed by atoms with E-state index in [0.717, 1.165) is 65.0 Å². The number of thiazole rings is 1. The molecule has 2 amide bonds. The smallest absolute Gasteiger partial charge is 0.382 e. The van der Waals surface area contributed by atoms with Gasteiger partial charge in [0.2, 0.25) is 0 Å². The number of carbonyl (C=O) groups excluding carboxylic acids is 1. The highest BCUT2D eigenvalue weighted by Crippen LogP contribution is 2.55. The molecule has 5 fully saturated rings. The lowest BCUT2D eigenvalue weighted by Crippen LogP contribution is -2.75. The Morgan fingerprint density at radius 2 is 1.71 bits per heavy atom. The van der Waals surface area contributed by atoms with Gasteiger partial charge in [0.1, 0.15) is 11.9 Å². The monoisotopic (exact) mass is 509 g/mol. The predicted octanol–water partition coefficient (Wildman–Crippen LogP) is 2.31. The molecule has 5 aliphatic rings. The average Bonchev–Trinajstić information content (AvgIpc) is 3.10. The number of hydrogen-bond acceptors (Lipinski definition) is 7. The first kappa shape index (κ1) is 22.0. The highest BCUT2D eigenvalue weighted by atomic mass is 32.1. The molecule has 1 N–H and O–H groups in total. The van der Waals surface area contributed by atoms with Crippen LogP contribution in [-0.2, 0) is 18.3 Å². The van der Waals surface area contributed by atoms with Gasteiger partial charge in [-0.25, -0.2) is 19.4 Å². The molecule has 2 saturated carbocycles. The molecule has 0 bridgehead atoms. The van der Waals surface area contributed by atoms with Crippen molar-refractivity contribution in [2.24, 2.45) is 10.8 Å². The van der Waals surface area contributed by atoms with Crippen molar-refractivity contribution < 1.29 is 23.1 Å². The van der Waals surface area contributed by atoms with Gasteiger partial charge in [-0.15, -0.1) is 11.3 Å². The summed E-state index contributed by atoms with van der Waals surface area (Å²) in [5, 5.41) is 13.8. The van der Waals surface area contributed by atoms with Crippen molar-refractivity contribution in [3.8, 4) is 0 Å². The summed E-state index contributed by atoms with van der Waals surface area (Å²) in [4.78, 5) is 27.2. The van der Waals surface area contributed by atoms with Gasteiger partial charge in [0, 0.05) is 67.7 Å². The molecule has 0 unspecified atom stereocenters. The lowest BCUT2D eigenvalue weighted by Gasteiger charge is -2.63. The van der Waals surface area contributed by atoms with Gasteiger partial charge in [-0.3, -0.25) is 4.90 Å². The van der Waals surface area contributed by atoms with E-state index in [4.69, 9.17) is 0 Å². The van der Waals surface area contributed by atoms with Gasteiger partial charge in [-0.05, 0) is 25.7 Å². The maximum Gasteiger partial charge on any atom is 0.443 e. The van der Waals surface area contributed by atoms with Crippen LogP contribution in [0.3, 0.4) is 0 Å². The number of alkyl halides is 3. The fraction of sp³-hybridized carbons (Fsp3) is 0.727. The van der Waals surface area contributed by atoms with Crippen LogP contribution < -0.4 is 0 Å². The zero-order valence-corrected chi connectivity index (χ0v) is 19.9. The molecule has 0 aromatic carbocycles. The lowest BCUT2D eigenvalue weighted by atomic mass is 9.60. The van der Waals surface area contributed by atoms with E-state index in [9.17, 15) is 23.1 Å². The van der Waals surface area contributed by atoms with Crippen molar-refractivity contribution in [1.29, 1.82) is 0 Å². The van der Waals surface area contributed by atoms with Crippen molar-refractivity contribution in [3.63, 3.8) is 0 Å². The number of rotatable bonds is 4. The Morgan fingerprint density at radius 3 is 2.31 bits per heavy atom. The second kappa shape index (κ2) is 6.94. The van der Waals surface area contributed by atoms with E-state index in [0.29, 0.717) is 28.6 Å². The molecule has 0 radical (unpaired) electrons. The Balaban J connectivity index is 0.845. The van der Waals surface area contributed by atoms with Crippen LogP contribution in [0.15, 0.2) is 12.5 Å². The van der Waals surface area contributed by atoms with E-state index in [1.54, 1.807) is 6.33 Å². The van der Waals surface area contributed by atoms with Gasteiger partial charge < -0.3 is 14.9 Å². The largest absolute Gasteiger partial charge is 0.443 e. The van der Waals surface area contributed by atoms with Crippen LogP contribution >= 0.6 is 11.3 Å². The minimum Gasteiger partial charge on any atom is -0.382 e. The maximum absolute atomic E-state index is 12.9. The van der Waals surface area contributed by atoms with E-state index >= 15 is 0 Å². The Kier molecular flexibility index (Phi) is 4.36. The van der Waals surface area contributed by atoms with E-state index in [-0.39, 0.29) is 22.9 Å². The Labute approximate surface area is 203 Å². The number of aromatic nitrogens is 4. The van der Waals surface area contributed by atoms with E-state index in [1.165, 1.54) is 6.20 Å². The first-order chi connectivity index (χ1) is 16.5. The quantitative estimate of drug-likeness (QED) is 0.681. The lowest BCUT2D eigenvalue weighted by molar-refractivity contribution is -0.137. The van der Waals surface area contributed by atoms with E-state index in [1.807, 2.05) is 14.5 Å². The summed E-state index contributed by atoms with van der Waals surface area (Å²) in [7, 11) is 0. The average molecular weight is 510 g/mol. The van der Waals surface area contributed by atoms with Crippen molar-refractivity contribution in [3.05, 3.63) is 28.2 Å². The molecule has 2 spiro atoms. The molecule has 3 aliphatic heterocycles. The number of carbonyl (C=O) groups is 1. The highest BCUT2D eigenvalue weighted by molar-refractivity contribution is 7.11. The molecular formula is C22H26F3N7O2S. The zero-order chi connectivity index (χ0) is 24.2. The van der Waals surface area contributed by atoms with Gasteiger partial charge in [0.25, 0.3) is 0 Å². The normalized spacial score (nSPS) is 26.3. The number of aliphatic hydroxyl groups is 1. The molecule has 0 atom stereocenters. The minimum absolute atomic E-state index is 0.0910. The molecule has 2 aliphatic carbocycles. The van der Waals surface area contributed by atoms with Crippen LogP contribution in [0.5, 0.6) is 0 Å². The van der Waals surface area contributed by atoms with Crippen molar-refractivity contribution >= 4 is 17.4 Å². The summed E-state index contributed by atoms with van der Waals surface area (Å²) in [5.74, 6) is 0.531. The third kappa shape index (κ3) is 3.57. The molecule has 2 aromatic heterocycles. The predicted molar refractivity (Wildman–Crippen MR) is 117 cm³/mol. The van der Waals surface area contributed by atoms with Crippen LogP contribution in [0.1, 0.15) is 47.4 Å². The number of halogens is 3. The number of nitrogens with zero attached hydrogens (tertiary/aromatic N) is 7. The van der Waals surface area contributed by atoms with Crippen LogP contribution in [0, 0.1) is 10.8 Å². The third-order valence-corrected chi connectivity index (χ3v) is 9.33. The van der Waals surface area contributed by atoms with Crippen LogP contribution in [-0.4, -0.2) is 84.9 Å². The van der Waals surface area contributed by atoms with Gasteiger partial charge in [0.05, 0.1) is 6.04 Å². The highest BCUT2D eigenvalue weighted by Gasteiger charge is 2.58. The number of amides is 2. The topological polar surface area (TPSA) is 90.6 Å². The first-order valence-electron chi connectivity index (χ1n) is 12.0. The van der Waals surface area contributed by atoms with E-state index in [2.05, 4.69) is 20.0 Å². The maximum atomic E-state index is 12.9. The molecule has 2 aromatic rings. The second-order valence-electron chi connectivity index (χ2n) is 11.4. The molecule has 3 saturated heterocycles. The summed E-state index contributed by atoms with van der Waals surface area (Å²) < 4.78 is 40.1. The fourth-order valence-electron chi connectivity index (χ4n) is 6.33. The molecule has 5 heterocycles. The Bertz CT molecular complexity index is 1160. The standard InChI is InChI=1S/C22H26F3N7O2S/c23-22(24,25)17-26-5-15(35-17)6-29-7-20(8-29)11-31(12-20)18(33)30-9-19(10-30)3-14(4-19)32-13-27-16(28-32)21(34)1-2-21/h5,13-14,34H,1-4,6-12H2. The van der Waals surface area contributed by atoms with Gasteiger partial charge in [-0.1, -0.05) is 0 Å². The molecule has 7 rings (SSSR count). The third-order valence-electron chi connectivity index (χ3n) is 8.30. The van der Waals surface area contributed by atoms with Gasteiger partial charge in [0.15, 0.2) is 10.8 Å². The zero-order valence-electron chi connectivity index (χ0n) is 19.0. The van der Waals surface area contributed by atoms with Gasteiger partial charge >= 0.3 is 12.2 Å². The fourth-order valence-corrected chi connectivity index (χ4v) is 7.16. The summed E-state index contributed by atoms with van der Waals surface area (Å²) in [6.45, 7) is 5.07. The first-order valence-corrected chi connectivity index (χ1v) is 12.8. The van der Waals surface area contributed by atoms with E-state index < -0.39 is 16.8 Å². The molecule has 35 heavy (non-hydrogen) atoms. The second-order valence-corrected chi connectivity index (χ2v) is 12.5. The summed E-state index contributed by atoms with van der Waals surface area (Å²) >= 11 is 0.705. The molecule has 9 nitrogen and oxygen atoms in total. The van der Waals surface area contributed by atoms with Gasteiger partial charge in [-0.2, -0.15) is 18.3 Å². The number of urea groups is 1. The molecule has 13 heteroatoms. The minimum atomic E-state index is -4.39. The summed E-state index contributed by atoms with van der Waals surface area (Å²) in [5.41, 5.74) is -0.535. The number of hydrogen-bond donors (Lipinski definition) is 1. The summed E-state index contributed by atoms with van der Waals surface area (Å²) in [6, 6.07) is 0.384. The Hall–Kier alpha value is -2.25. The SMILES string of the molecule is O=C(N1CC2(CC(n3cnc(C4(O)CC4)n3)C2)C1)N1CC2(CN(Cc3cnc(C(F)(F)F)s3)C2)C1. The Morgan fingerprint density at radius 1 is 1.06 bits per heavy atom. The molecule has 188 valence electrons. The van der Waals surface area contributed by atoms with Crippen LogP contribution in [0.2, 0.25) is 0 Å². The van der Waals surface area contributed by atoms with Crippen LogP contribution in [0.25, 0.3) is 0 Å². The van der Waals surface area contributed by atoms with Crippen molar-refractivity contribution in [1.82, 2.24) is 34.4 Å². The summed E-state index contributed by atoms with van der Waals surface area (Å²) in [6.07, 6.45) is 2.06. The van der Waals surface area contributed by atoms with Crippen molar-refractivity contribution in [2.45, 2.75) is 50.0 Å². The van der Waals surface area contributed by atoms with Crippen molar-refractivity contribution in [2.75, 3.05) is 39.3 Å².